The topological polar surface area (TPSA) is 85.2 Å². The first kappa shape index (κ1) is 25.2. The van der Waals surface area contributed by atoms with Gasteiger partial charge in [0, 0.05) is 18.4 Å². The van der Waals surface area contributed by atoms with Gasteiger partial charge < -0.3 is 5.32 Å². The maximum atomic E-state index is 13.1. The molecule has 2 aromatic carbocycles. The SMILES string of the molecule is Cc1ccn(-c2cccc(C(F)(F)F)c2)c(=O)c1C(=O)NCc1ccc(S(=O)(=O)C(C)C)cc1. The summed E-state index contributed by atoms with van der Waals surface area (Å²) >= 11 is 0. The lowest BCUT2D eigenvalue weighted by molar-refractivity contribution is -0.137. The first-order valence-corrected chi connectivity index (χ1v) is 11.9. The Kier molecular flexibility index (Phi) is 7.02. The Labute approximate surface area is 195 Å². The van der Waals surface area contributed by atoms with E-state index in [-0.39, 0.29) is 22.7 Å². The van der Waals surface area contributed by atoms with Crippen LogP contribution in [-0.4, -0.2) is 24.1 Å². The standard InChI is InChI=1S/C24H23F3N2O4S/c1-15(2)34(32,33)20-9-7-17(8-10-20)14-28-22(30)21-16(3)11-12-29(23(21)31)19-6-4-5-18(13-19)24(25,26)27/h4-13,15H,14H2,1-3H3,(H,28,30). The monoisotopic (exact) mass is 492 g/mol. The third kappa shape index (κ3) is 5.22. The molecular formula is C24H23F3N2O4S. The molecule has 0 aliphatic heterocycles. The number of hydrogen-bond acceptors (Lipinski definition) is 4. The van der Waals surface area contributed by atoms with Crippen molar-refractivity contribution in [1.82, 2.24) is 9.88 Å². The summed E-state index contributed by atoms with van der Waals surface area (Å²) in [5.74, 6) is -0.692. The number of carbonyl (C=O) groups is 1. The maximum Gasteiger partial charge on any atom is 0.416 e. The number of aromatic nitrogens is 1. The highest BCUT2D eigenvalue weighted by molar-refractivity contribution is 7.92. The number of amides is 1. The summed E-state index contributed by atoms with van der Waals surface area (Å²) in [6.45, 7) is 4.74. The van der Waals surface area contributed by atoms with Gasteiger partial charge in [-0.05, 0) is 68.3 Å². The van der Waals surface area contributed by atoms with E-state index in [0.717, 1.165) is 16.7 Å². The number of pyridine rings is 1. The Morgan fingerprint density at radius 1 is 1.06 bits per heavy atom. The average molecular weight is 493 g/mol. The van der Waals surface area contributed by atoms with Crippen LogP contribution in [0.25, 0.3) is 5.69 Å². The second kappa shape index (κ2) is 9.46. The summed E-state index contributed by atoms with van der Waals surface area (Å²) in [7, 11) is -3.42. The summed E-state index contributed by atoms with van der Waals surface area (Å²) in [6, 6.07) is 11.8. The Morgan fingerprint density at radius 2 is 1.71 bits per heavy atom. The highest BCUT2D eigenvalue weighted by atomic mass is 32.2. The normalized spacial score (nSPS) is 12.1. The summed E-state index contributed by atoms with van der Waals surface area (Å²) in [5.41, 5.74) is -0.900. The summed E-state index contributed by atoms with van der Waals surface area (Å²) in [6.07, 6.45) is -3.26. The number of nitrogens with zero attached hydrogens (tertiary/aromatic N) is 1. The average Bonchev–Trinajstić information content (AvgIpc) is 2.77. The molecule has 34 heavy (non-hydrogen) atoms. The van der Waals surface area contributed by atoms with Crippen LogP contribution in [0.5, 0.6) is 0 Å². The van der Waals surface area contributed by atoms with E-state index in [1.54, 1.807) is 32.9 Å². The zero-order chi connectivity index (χ0) is 25.3. The number of aryl methyl sites for hydroxylation is 1. The third-order valence-corrected chi connectivity index (χ3v) is 7.48. The molecule has 0 saturated carbocycles. The zero-order valence-corrected chi connectivity index (χ0v) is 19.5. The van der Waals surface area contributed by atoms with Crippen LogP contribution < -0.4 is 10.9 Å². The molecular weight excluding hydrogens is 469 g/mol. The van der Waals surface area contributed by atoms with Gasteiger partial charge in [-0.15, -0.1) is 0 Å². The quantitative estimate of drug-likeness (QED) is 0.557. The van der Waals surface area contributed by atoms with Gasteiger partial charge in [0.05, 0.1) is 15.7 Å². The van der Waals surface area contributed by atoms with Crippen LogP contribution in [0.2, 0.25) is 0 Å². The second-order valence-corrected chi connectivity index (χ2v) is 10.5. The molecule has 0 fully saturated rings. The van der Waals surface area contributed by atoms with E-state index in [4.69, 9.17) is 0 Å². The smallest absolute Gasteiger partial charge is 0.348 e. The number of rotatable bonds is 6. The van der Waals surface area contributed by atoms with E-state index < -0.39 is 38.3 Å². The maximum absolute atomic E-state index is 13.1. The van der Waals surface area contributed by atoms with Gasteiger partial charge in [0.25, 0.3) is 11.5 Å². The largest absolute Gasteiger partial charge is 0.416 e. The van der Waals surface area contributed by atoms with Crippen LogP contribution in [0.4, 0.5) is 13.2 Å². The van der Waals surface area contributed by atoms with Crippen molar-refractivity contribution < 1.29 is 26.4 Å². The van der Waals surface area contributed by atoms with Crippen molar-refractivity contribution in [2.75, 3.05) is 0 Å². The predicted octanol–water partition coefficient (Wildman–Crippen LogP) is 4.28. The van der Waals surface area contributed by atoms with Gasteiger partial charge in [0.15, 0.2) is 9.84 Å². The number of sulfone groups is 1. The molecule has 1 aromatic heterocycles. The van der Waals surface area contributed by atoms with E-state index in [1.165, 1.54) is 36.5 Å². The van der Waals surface area contributed by atoms with E-state index in [0.29, 0.717) is 11.1 Å². The zero-order valence-electron chi connectivity index (χ0n) is 18.7. The minimum atomic E-state index is -4.57. The van der Waals surface area contributed by atoms with E-state index in [9.17, 15) is 31.2 Å². The molecule has 1 heterocycles. The lowest BCUT2D eigenvalue weighted by atomic mass is 10.1. The van der Waals surface area contributed by atoms with Crippen LogP contribution in [0.15, 0.2) is 70.5 Å². The minimum Gasteiger partial charge on any atom is -0.348 e. The Balaban J connectivity index is 1.85. The number of benzene rings is 2. The molecule has 180 valence electrons. The molecule has 1 N–H and O–H groups in total. The molecule has 6 nitrogen and oxygen atoms in total. The fourth-order valence-electron chi connectivity index (χ4n) is 3.28. The minimum absolute atomic E-state index is 0.0178. The van der Waals surface area contributed by atoms with Gasteiger partial charge in [-0.3, -0.25) is 14.2 Å². The fraction of sp³-hybridized carbons (Fsp3) is 0.250. The molecule has 0 radical (unpaired) electrons. The molecule has 0 unspecified atom stereocenters. The van der Waals surface area contributed by atoms with Gasteiger partial charge in [-0.25, -0.2) is 8.42 Å². The van der Waals surface area contributed by atoms with E-state index in [2.05, 4.69) is 5.32 Å². The van der Waals surface area contributed by atoms with Crippen LogP contribution in [0, 0.1) is 6.92 Å². The number of carbonyl (C=O) groups excluding carboxylic acids is 1. The molecule has 1 amide bonds. The van der Waals surface area contributed by atoms with Crippen LogP contribution in [0.3, 0.4) is 0 Å². The van der Waals surface area contributed by atoms with Crippen molar-refractivity contribution in [2.45, 2.75) is 43.6 Å². The van der Waals surface area contributed by atoms with Crippen molar-refractivity contribution in [3.63, 3.8) is 0 Å². The Bertz CT molecular complexity index is 1380. The first-order valence-electron chi connectivity index (χ1n) is 10.3. The first-order chi connectivity index (χ1) is 15.8. The van der Waals surface area contributed by atoms with Crippen molar-refractivity contribution in [3.05, 3.63) is 93.4 Å². The molecule has 10 heteroatoms. The Hall–Kier alpha value is -3.40. The van der Waals surface area contributed by atoms with Crippen molar-refractivity contribution in [3.8, 4) is 5.69 Å². The lowest BCUT2D eigenvalue weighted by Crippen LogP contribution is -2.33. The van der Waals surface area contributed by atoms with Gasteiger partial charge in [-0.2, -0.15) is 13.2 Å². The fourth-order valence-corrected chi connectivity index (χ4v) is 4.34. The summed E-state index contributed by atoms with van der Waals surface area (Å²) in [5, 5.41) is 2.04. The highest BCUT2D eigenvalue weighted by Crippen LogP contribution is 2.30. The number of alkyl halides is 3. The molecule has 0 aliphatic carbocycles. The van der Waals surface area contributed by atoms with Crippen molar-refractivity contribution in [2.24, 2.45) is 0 Å². The molecule has 0 spiro atoms. The molecule has 0 bridgehead atoms. The number of halogens is 3. The summed E-state index contributed by atoms with van der Waals surface area (Å²) < 4.78 is 64.6. The van der Waals surface area contributed by atoms with Crippen LogP contribution in [-0.2, 0) is 22.6 Å². The number of nitrogens with one attached hydrogen (secondary N) is 1. The summed E-state index contributed by atoms with van der Waals surface area (Å²) in [4.78, 5) is 25.9. The molecule has 3 aromatic rings. The van der Waals surface area contributed by atoms with Gasteiger partial charge in [0.2, 0.25) is 0 Å². The Morgan fingerprint density at radius 3 is 2.29 bits per heavy atom. The molecule has 0 aliphatic rings. The lowest BCUT2D eigenvalue weighted by Gasteiger charge is -2.13. The number of hydrogen-bond donors (Lipinski definition) is 1. The molecule has 3 rings (SSSR count). The van der Waals surface area contributed by atoms with E-state index in [1.807, 2.05) is 0 Å². The van der Waals surface area contributed by atoms with E-state index >= 15 is 0 Å². The van der Waals surface area contributed by atoms with Gasteiger partial charge in [0.1, 0.15) is 5.56 Å². The third-order valence-electron chi connectivity index (χ3n) is 5.30. The van der Waals surface area contributed by atoms with Crippen molar-refractivity contribution >= 4 is 15.7 Å². The van der Waals surface area contributed by atoms with Crippen molar-refractivity contribution in [1.29, 1.82) is 0 Å². The van der Waals surface area contributed by atoms with Crippen LogP contribution in [0.1, 0.15) is 40.9 Å². The van der Waals surface area contributed by atoms with Crippen LogP contribution >= 0.6 is 0 Å². The van der Waals surface area contributed by atoms with Gasteiger partial charge >= 0.3 is 6.18 Å². The highest BCUT2D eigenvalue weighted by Gasteiger charge is 2.30. The second-order valence-electron chi connectivity index (χ2n) is 8.02. The molecule has 0 saturated heterocycles. The van der Waals surface area contributed by atoms with Gasteiger partial charge in [-0.1, -0.05) is 18.2 Å². The molecule has 0 atom stereocenters. The predicted molar refractivity (Wildman–Crippen MR) is 122 cm³/mol.